The van der Waals surface area contributed by atoms with Crippen molar-refractivity contribution in [3.8, 4) is 11.6 Å². The number of fused-ring (bicyclic) bond motifs is 1. The predicted molar refractivity (Wildman–Crippen MR) is 82.7 cm³/mol. The molecule has 3 rings (SSSR count). The van der Waals surface area contributed by atoms with Crippen molar-refractivity contribution in [1.29, 1.82) is 0 Å². The van der Waals surface area contributed by atoms with Crippen molar-refractivity contribution in [2.24, 2.45) is 0 Å². The number of hydrogen-bond donors (Lipinski definition) is 1. The number of aldehydes is 1. The molecule has 8 heteroatoms. The molecule has 0 aliphatic rings. The van der Waals surface area contributed by atoms with Gasteiger partial charge in [-0.3, -0.25) is 4.79 Å². The zero-order valence-corrected chi connectivity index (χ0v) is 12.7. The number of imidazole rings is 1. The van der Waals surface area contributed by atoms with Crippen molar-refractivity contribution >= 4 is 17.9 Å². The van der Waals surface area contributed by atoms with Gasteiger partial charge in [0.25, 0.3) is 0 Å². The highest BCUT2D eigenvalue weighted by molar-refractivity contribution is 5.94. The number of carbonyl (C=O) groups excluding carboxylic acids is 1. The van der Waals surface area contributed by atoms with E-state index >= 15 is 0 Å². The third-order valence-electron chi connectivity index (χ3n) is 3.35. The predicted octanol–water partition coefficient (Wildman–Crippen LogP) is 1.83. The summed E-state index contributed by atoms with van der Waals surface area (Å²) in [6.07, 6.45) is 5.40. The van der Waals surface area contributed by atoms with Crippen molar-refractivity contribution in [2.75, 3.05) is 7.11 Å². The fourth-order valence-corrected chi connectivity index (χ4v) is 2.21. The van der Waals surface area contributed by atoms with Gasteiger partial charge in [-0.2, -0.15) is 0 Å². The number of aromatic nitrogens is 3. The molecule has 0 amide bonds. The van der Waals surface area contributed by atoms with Gasteiger partial charge in [0.05, 0.1) is 24.6 Å². The Bertz CT molecular complexity index is 919. The number of rotatable bonds is 6. The smallest absolute Gasteiger partial charge is 0.339 e. The number of carbonyl (C=O) groups is 2. The summed E-state index contributed by atoms with van der Waals surface area (Å²) in [5.41, 5.74) is 1.25. The largest absolute Gasteiger partial charge is 0.485 e. The first-order chi connectivity index (χ1) is 11.6. The van der Waals surface area contributed by atoms with Gasteiger partial charge in [-0.25, -0.2) is 14.8 Å². The zero-order chi connectivity index (χ0) is 17.1. The van der Waals surface area contributed by atoms with Crippen molar-refractivity contribution in [3.05, 3.63) is 53.6 Å². The number of pyridine rings is 2. The van der Waals surface area contributed by atoms with E-state index in [1.807, 2.05) is 0 Å². The summed E-state index contributed by atoms with van der Waals surface area (Å²) in [4.78, 5) is 30.6. The Morgan fingerprint density at radius 1 is 1.46 bits per heavy atom. The maximum absolute atomic E-state index is 11.2. The second-order valence-corrected chi connectivity index (χ2v) is 4.86. The van der Waals surface area contributed by atoms with Gasteiger partial charge < -0.3 is 19.0 Å². The zero-order valence-electron chi connectivity index (χ0n) is 12.7. The fraction of sp³-hybridized carbons (Fsp3) is 0.125. The summed E-state index contributed by atoms with van der Waals surface area (Å²) < 4.78 is 12.1. The topological polar surface area (TPSA) is 103 Å². The average molecular weight is 327 g/mol. The Labute approximate surface area is 136 Å². The van der Waals surface area contributed by atoms with Gasteiger partial charge in [0.2, 0.25) is 5.88 Å². The Kier molecular flexibility index (Phi) is 4.11. The molecule has 0 atom stereocenters. The van der Waals surface area contributed by atoms with Crippen LogP contribution in [0.3, 0.4) is 0 Å². The first-order valence-electron chi connectivity index (χ1n) is 6.94. The van der Waals surface area contributed by atoms with Crippen LogP contribution in [0.15, 0.2) is 36.8 Å². The molecule has 0 aromatic carbocycles. The van der Waals surface area contributed by atoms with Crippen LogP contribution in [0.5, 0.6) is 11.6 Å². The van der Waals surface area contributed by atoms with Gasteiger partial charge in [0.15, 0.2) is 11.9 Å². The minimum Gasteiger partial charge on any atom is -0.485 e. The highest BCUT2D eigenvalue weighted by Gasteiger charge is 2.13. The van der Waals surface area contributed by atoms with Crippen LogP contribution in [0.25, 0.3) is 5.65 Å². The highest BCUT2D eigenvalue weighted by Crippen LogP contribution is 2.21. The Hall–Kier alpha value is -3.42. The molecule has 0 saturated heterocycles. The molecule has 0 spiro atoms. The van der Waals surface area contributed by atoms with E-state index in [9.17, 15) is 14.7 Å². The first kappa shape index (κ1) is 15.5. The number of hydrogen-bond acceptors (Lipinski definition) is 6. The molecule has 122 valence electrons. The SMILES string of the molecule is COc1cc(C=O)c(OCc2cn3cccc(C(=O)O)c3n2)cn1. The lowest BCUT2D eigenvalue weighted by Gasteiger charge is -2.07. The van der Waals surface area contributed by atoms with Crippen molar-refractivity contribution < 1.29 is 24.2 Å². The summed E-state index contributed by atoms with van der Waals surface area (Å²) in [7, 11) is 1.45. The van der Waals surface area contributed by atoms with E-state index in [0.717, 1.165) is 0 Å². The molecule has 0 saturated carbocycles. The van der Waals surface area contributed by atoms with Crippen LogP contribution in [-0.2, 0) is 6.61 Å². The van der Waals surface area contributed by atoms with Crippen LogP contribution in [0, 0.1) is 0 Å². The van der Waals surface area contributed by atoms with Crippen molar-refractivity contribution in [3.63, 3.8) is 0 Å². The fourth-order valence-electron chi connectivity index (χ4n) is 2.21. The maximum atomic E-state index is 11.2. The second kappa shape index (κ2) is 6.37. The lowest BCUT2D eigenvalue weighted by molar-refractivity contribution is 0.0698. The van der Waals surface area contributed by atoms with Crippen molar-refractivity contribution in [1.82, 2.24) is 14.4 Å². The third kappa shape index (κ3) is 2.89. The van der Waals surface area contributed by atoms with E-state index in [1.165, 1.54) is 25.4 Å². The number of methoxy groups -OCH3 is 1. The molecule has 0 radical (unpaired) electrons. The second-order valence-electron chi connectivity index (χ2n) is 4.86. The van der Waals surface area contributed by atoms with Gasteiger partial charge in [0, 0.05) is 18.5 Å². The van der Waals surface area contributed by atoms with Crippen LogP contribution in [-0.4, -0.2) is 38.8 Å². The maximum Gasteiger partial charge on any atom is 0.339 e. The van der Waals surface area contributed by atoms with Crippen LogP contribution in [0.1, 0.15) is 26.4 Å². The molecule has 1 N–H and O–H groups in total. The standard InChI is InChI=1S/C16H13N3O5/c1-23-14-5-10(8-20)13(6-17-14)24-9-11-7-19-4-2-3-12(16(21)22)15(19)18-11/h2-8H,9H2,1H3,(H,21,22). The van der Waals surface area contributed by atoms with Crippen LogP contribution < -0.4 is 9.47 Å². The van der Waals surface area contributed by atoms with Gasteiger partial charge in [-0.1, -0.05) is 0 Å². The lowest BCUT2D eigenvalue weighted by atomic mass is 10.2. The van der Waals surface area contributed by atoms with Gasteiger partial charge >= 0.3 is 5.97 Å². The van der Waals surface area contributed by atoms with Gasteiger partial charge in [0.1, 0.15) is 17.9 Å². The minimum atomic E-state index is -1.05. The Morgan fingerprint density at radius 3 is 3.00 bits per heavy atom. The summed E-state index contributed by atoms with van der Waals surface area (Å²) in [6, 6.07) is 4.57. The van der Waals surface area contributed by atoms with E-state index in [-0.39, 0.29) is 12.2 Å². The minimum absolute atomic E-state index is 0.0651. The molecule has 0 bridgehead atoms. The monoisotopic (exact) mass is 327 g/mol. The van der Waals surface area contributed by atoms with E-state index < -0.39 is 5.97 Å². The molecule has 3 heterocycles. The molecule has 3 aromatic rings. The van der Waals surface area contributed by atoms with Crippen LogP contribution in [0.2, 0.25) is 0 Å². The van der Waals surface area contributed by atoms with Crippen LogP contribution >= 0.6 is 0 Å². The molecule has 8 nitrogen and oxygen atoms in total. The highest BCUT2D eigenvalue weighted by atomic mass is 16.5. The van der Waals surface area contributed by atoms with E-state index in [0.29, 0.717) is 34.8 Å². The average Bonchev–Trinajstić information content (AvgIpc) is 3.02. The number of carboxylic acid groups (broad SMARTS) is 1. The first-order valence-corrected chi connectivity index (χ1v) is 6.94. The molecule has 24 heavy (non-hydrogen) atoms. The summed E-state index contributed by atoms with van der Waals surface area (Å²) in [5.74, 6) is -0.453. The molecule has 0 fully saturated rings. The van der Waals surface area contributed by atoms with E-state index in [1.54, 1.807) is 22.9 Å². The van der Waals surface area contributed by atoms with Crippen LogP contribution in [0.4, 0.5) is 0 Å². The molecular weight excluding hydrogens is 314 g/mol. The third-order valence-corrected chi connectivity index (χ3v) is 3.35. The summed E-state index contributed by atoms with van der Waals surface area (Å²) >= 11 is 0. The molecule has 0 unspecified atom stereocenters. The molecule has 0 aliphatic carbocycles. The molecule has 3 aromatic heterocycles. The summed E-state index contributed by atoms with van der Waals surface area (Å²) in [5, 5.41) is 9.17. The number of nitrogens with zero attached hydrogens (tertiary/aromatic N) is 3. The summed E-state index contributed by atoms with van der Waals surface area (Å²) in [6.45, 7) is 0.0651. The quantitative estimate of drug-likeness (QED) is 0.689. The van der Waals surface area contributed by atoms with Gasteiger partial charge in [-0.05, 0) is 12.1 Å². The molecular formula is C16H13N3O5. The Morgan fingerprint density at radius 2 is 2.29 bits per heavy atom. The van der Waals surface area contributed by atoms with E-state index in [4.69, 9.17) is 9.47 Å². The van der Waals surface area contributed by atoms with E-state index in [2.05, 4.69) is 9.97 Å². The molecule has 0 aliphatic heterocycles. The normalized spacial score (nSPS) is 10.5. The Balaban J connectivity index is 1.85. The lowest BCUT2D eigenvalue weighted by Crippen LogP contribution is -2.01. The number of ether oxygens (including phenoxy) is 2. The number of carboxylic acids is 1. The van der Waals surface area contributed by atoms with Crippen molar-refractivity contribution in [2.45, 2.75) is 6.61 Å². The number of aromatic carboxylic acids is 1. The van der Waals surface area contributed by atoms with Gasteiger partial charge in [-0.15, -0.1) is 0 Å².